The molecule has 1 amide bonds. The van der Waals surface area contributed by atoms with Crippen molar-refractivity contribution in [2.45, 2.75) is 25.3 Å². The number of nitrogens with one attached hydrogen (secondary N) is 2. The van der Waals surface area contributed by atoms with Crippen molar-refractivity contribution in [3.05, 3.63) is 30.7 Å². The van der Waals surface area contributed by atoms with Crippen molar-refractivity contribution in [2.24, 2.45) is 0 Å². The van der Waals surface area contributed by atoms with Crippen LogP contribution in [0.4, 0.5) is 5.69 Å². The third-order valence-electron chi connectivity index (χ3n) is 5.03. The summed E-state index contributed by atoms with van der Waals surface area (Å²) in [6.45, 7) is 1.24. The van der Waals surface area contributed by atoms with Gasteiger partial charge in [0.1, 0.15) is 12.1 Å². The van der Waals surface area contributed by atoms with E-state index in [1.54, 1.807) is 17.3 Å². The average molecular weight is 391 g/mol. The summed E-state index contributed by atoms with van der Waals surface area (Å²) in [6.07, 6.45) is 6.98. The summed E-state index contributed by atoms with van der Waals surface area (Å²) in [5.74, 6) is -0.124. The van der Waals surface area contributed by atoms with E-state index in [9.17, 15) is 4.79 Å². The number of piperidine rings is 1. The molecule has 0 saturated carbocycles. The summed E-state index contributed by atoms with van der Waals surface area (Å²) in [7, 11) is 1.53. The molecule has 9 heteroatoms. The lowest BCUT2D eigenvalue weighted by atomic mass is 10.0. The average Bonchev–Trinajstić information content (AvgIpc) is 3.24. The smallest absolute Gasteiger partial charge is 0.316 e. The zero-order valence-corrected chi connectivity index (χ0v) is 16.1. The number of carbonyl (C=O) groups excluding carboxylic acids is 1. The number of pyridine rings is 1. The number of carbonyl (C=O) groups is 1. The van der Waals surface area contributed by atoms with E-state index >= 15 is 0 Å². The summed E-state index contributed by atoms with van der Waals surface area (Å²) in [5.41, 5.74) is 3.20. The molecule has 0 bridgehead atoms. The van der Waals surface area contributed by atoms with Crippen molar-refractivity contribution in [2.75, 3.05) is 25.5 Å². The van der Waals surface area contributed by atoms with Gasteiger partial charge in [0.05, 0.1) is 24.6 Å². The van der Waals surface area contributed by atoms with Crippen molar-refractivity contribution < 1.29 is 9.53 Å². The van der Waals surface area contributed by atoms with Crippen LogP contribution in [0.25, 0.3) is 22.3 Å². The molecule has 9 nitrogen and oxygen atoms in total. The number of methoxy groups -OCH3 is 1. The number of anilines is 1. The molecule has 0 aromatic carbocycles. The van der Waals surface area contributed by atoms with Gasteiger partial charge in [-0.05, 0) is 25.0 Å². The Morgan fingerprint density at radius 2 is 2.34 bits per heavy atom. The fraction of sp³-hybridized carbons (Fsp3) is 0.350. The number of hydrogen-bond acceptors (Lipinski definition) is 7. The lowest BCUT2D eigenvalue weighted by Crippen LogP contribution is -2.45. The number of hydrogen-bond donors (Lipinski definition) is 2. The van der Waals surface area contributed by atoms with Gasteiger partial charge in [0.2, 0.25) is 5.91 Å². The molecule has 1 unspecified atom stereocenters. The molecule has 148 valence electrons. The van der Waals surface area contributed by atoms with Gasteiger partial charge < -0.3 is 19.9 Å². The van der Waals surface area contributed by atoms with E-state index in [2.05, 4.69) is 25.3 Å². The summed E-state index contributed by atoms with van der Waals surface area (Å²) in [5, 5.41) is 13.4. The predicted molar refractivity (Wildman–Crippen MR) is 107 cm³/mol. The minimum atomic E-state index is -0.124. The SMILES string of the molecule is COc1nccc(-c2cnc3[nH]ccc3c2NC2CCCN(C(=O)CC#N)C2)n1. The molecule has 1 aliphatic heterocycles. The maximum Gasteiger partial charge on any atom is 0.316 e. The van der Waals surface area contributed by atoms with Gasteiger partial charge in [-0.1, -0.05) is 0 Å². The van der Waals surface area contributed by atoms with E-state index in [1.165, 1.54) is 7.11 Å². The monoisotopic (exact) mass is 391 g/mol. The topological polar surface area (TPSA) is 120 Å². The number of nitriles is 1. The Bertz CT molecular complexity index is 1070. The number of aromatic nitrogens is 4. The Balaban J connectivity index is 1.68. The number of ether oxygens (including phenoxy) is 1. The molecule has 1 aliphatic rings. The summed E-state index contributed by atoms with van der Waals surface area (Å²) >= 11 is 0. The van der Waals surface area contributed by atoms with E-state index in [4.69, 9.17) is 10.00 Å². The molecular weight excluding hydrogens is 370 g/mol. The largest absolute Gasteiger partial charge is 0.467 e. The normalized spacial score (nSPS) is 16.4. The standard InChI is InChI=1S/C20H21N7O2/c1-29-20-23-9-6-16(26-20)15-11-24-19-14(5-8-22-19)18(15)25-13-3-2-10-27(12-13)17(28)4-7-21/h5-6,8-9,11,13H,2-4,10,12H2,1H3,(H2,22,24,25). The number of aromatic amines is 1. The van der Waals surface area contributed by atoms with Crippen LogP contribution in [0.1, 0.15) is 19.3 Å². The molecule has 1 saturated heterocycles. The van der Waals surface area contributed by atoms with Crippen molar-refractivity contribution in [3.8, 4) is 23.3 Å². The van der Waals surface area contributed by atoms with Crippen LogP contribution in [0.15, 0.2) is 30.7 Å². The highest BCUT2D eigenvalue weighted by Gasteiger charge is 2.25. The molecule has 2 N–H and O–H groups in total. The van der Waals surface area contributed by atoms with Gasteiger partial charge in [0, 0.05) is 48.7 Å². The Morgan fingerprint density at radius 3 is 3.17 bits per heavy atom. The van der Waals surface area contributed by atoms with Gasteiger partial charge >= 0.3 is 6.01 Å². The van der Waals surface area contributed by atoms with Crippen LogP contribution in [-0.4, -0.2) is 57.0 Å². The molecule has 0 spiro atoms. The molecule has 4 rings (SSSR count). The number of fused-ring (bicyclic) bond motifs is 1. The van der Waals surface area contributed by atoms with Gasteiger partial charge in [0.25, 0.3) is 0 Å². The maximum absolute atomic E-state index is 12.2. The first-order chi connectivity index (χ1) is 14.2. The lowest BCUT2D eigenvalue weighted by molar-refractivity contribution is -0.131. The first kappa shape index (κ1) is 18.7. The van der Waals surface area contributed by atoms with Crippen LogP contribution < -0.4 is 10.1 Å². The van der Waals surface area contributed by atoms with Gasteiger partial charge in [0.15, 0.2) is 0 Å². The number of likely N-dealkylation sites (tertiary alicyclic amines) is 1. The second kappa shape index (κ2) is 8.14. The Labute approximate surface area is 167 Å². The quantitative estimate of drug-likeness (QED) is 0.685. The molecule has 0 radical (unpaired) electrons. The third kappa shape index (κ3) is 3.82. The maximum atomic E-state index is 12.2. The molecule has 3 aromatic heterocycles. The number of rotatable bonds is 5. The van der Waals surface area contributed by atoms with Crippen LogP contribution in [0.2, 0.25) is 0 Å². The van der Waals surface area contributed by atoms with E-state index < -0.39 is 0 Å². The number of amides is 1. The van der Waals surface area contributed by atoms with Gasteiger partial charge in [-0.3, -0.25) is 4.79 Å². The highest BCUT2D eigenvalue weighted by atomic mass is 16.5. The van der Waals surface area contributed by atoms with E-state index in [-0.39, 0.29) is 24.4 Å². The molecule has 0 aliphatic carbocycles. The Kier molecular flexibility index (Phi) is 5.24. The fourth-order valence-corrected chi connectivity index (χ4v) is 3.65. The predicted octanol–water partition coefficient (Wildman–Crippen LogP) is 2.35. The molecular formula is C20H21N7O2. The van der Waals surface area contributed by atoms with Gasteiger partial charge in [-0.25, -0.2) is 9.97 Å². The van der Waals surface area contributed by atoms with Gasteiger partial charge in [-0.2, -0.15) is 10.2 Å². The zero-order chi connectivity index (χ0) is 20.2. The second-order valence-corrected chi connectivity index (χ2v) is 6.87. The first-order valence-corrected chi connectivity index (χ1v) is 9.44. The number of nitrogens with zero attached hydrogens (tertiary/aromatic N) is 5. The minimum absolute atomic E-state index is 0.0642. The van der Waals surface area contributed by atoms with Gasteiger partial charge in [-0.15, -0.1) is 0 Å². The van der Waals surface area contributed by atoms with Crippen LogP contribution in [0.3, 0.4) is 0 Å². The van der Waals surface area contributed by atoms with E-state index in [0.29, 0.717) is 18.8 Å². The number of H-pyrrole nitrogens is 1. The fourth-order valence-electron chi connectivity index (χ4n) is 3.65. The van der Waals surface area contributed by atoms with Crippen LogP contribution in [-0.2, 0) is 4.79 Å². The molecule has 1 atom stereocenters. The van der Waals surface area contributed by atoms with Crippen molar-refractivity contribution in [1.29, 1.82) is 5.26 Å². The van der Waals surface area contributed by atoms with E-state index in [1.807, 2.05) is 24.4 Å². The highest BCUT2D eigenvalue weighted by molar-refractivity contribution is 5.97. The van der Waals surface area contributed by atoms with Crippen LogP contribution in [0.5, 0.6) is 6.01 Å². The van der Waals surface area contributed by atoms with Crippen molar-refractivity contribution in [1.82, 2.24) is 24.8 Å². The molecule has 1 fully saturated rings. The Morgan fingerprint density at radius 1 is 1.45 bits per heavy atom. The molecule has 3 aromatic rings. The third-order valence-corrected chi connectivity index (χ3v) is 5.03. The zero-order valence-electron chi connectivity index (χ0n) is 16.1. The summed E-state index contributed by atoms with van der Waals surface area (Å²) in [6, 6.07) is 6.07. The summed E-state index contributed by atoms with van der Waals surface area (Å²) in [4.78, 5) is 30.1. The molecule has 29 heavy (non-hydrogen) atoms. The summed E-state index contributed by atoms with van der Waals surface area (Å²) < 4.78 is 5.16. The first-order valence-electron chi connectivity index (χ1n) is 9.44. The minimum Gasteiger partial charge on any atom is -0.467 e. The highest BCUT2D eigenvalue weighted by Crippen LogP contribution is 2.34. The van der Waals surface area contributed by atoms with E-state index in [0.717, 1.165) is 35.1 Å². The van der Waals surface area contributed by atoms with Crippen LogP contribution in [0, 0.1) is 11.3 Å². The van der Waals surface area contributed by atoms with Crippen molar-refractivity contribution >= 4 is 22.6 Å². The molecule has 4 heterocycles. The Hall–Kier alpha value is -3.67. The van der Waals surface area contributed by atoms with Crippen molar-refractivity contribution in [3.63, 3.8) is 0 Å². The second-order valence-electron chi connectivity index (χ2n) is 6.87. The lowest BCUT2D eigenvalue weighted by Gasteiger charge is -2.34. The van der Waals surface area contributed by atoms with Crippen LogP contribution >= 0.6 is 0 Å².